The van der Waals surface area contributed by atoms with Gasteiger partial charge in [0.25, 0.3) is 0 Å². The van der Waals surface area contributed by atoms with Crippen LogP contribution in [-0.4, -0.2) is 47.4 Å². The summed E-state index contributed by atoms with van der Waals surface area (Å²) in [6, 6.07) is 7.14. The maximum Gasteiger partial charge on any atom is 0.407 e. The lowest BCUT2D eigenvalue weighted by Gasteiger charge is -2.28. The number of rotatable bonds is 8. The Hall–Kier alpha value is -2.96. The number of benzene rings is 1. The van der Waals surface area contributed by atoms with Gasteiger partial charge in [0.2, 0.25) is 10.0 Å². The van der Waals surface area contributed by atoms with E-state index >= 15 is 0 Å². The van der Waals surface area contributed by atoms with Crippen LogP contribution in [0.2, 0.25) is 0 Å². The van der Waals surface area contributed by atoms with Gasteiger partial charge in [-0.25, -0.2) is 22.9 Å². The second-order valence-corrected chi connectivity index (χ2v) is 13.6. The molecule has 2 aromatic heterocycles. The summed E-state index contributed by atoms with van der Waals surface area (Å²) < 4.78 is 34.9. The molecule has 0 atom stereocenters. The van der Waals surface area contributed by atoms with Crippen LogP contribution in [0.5, 0.6) is 0 Å². The van der Waals surface area contributed by atoms with Gasteiger partial charge in [0.1, 0.15) is 0 Å². The van der Waals surface area contributed by atoms with Gasteiger partial charge in [0, 0.05) is 47.2 Å². The first kappa shape index (κ1) is 28.1. The molecule has 1 aliphatic rings. The van der Waals surface area contributed by atoms with Crippen molar-refractivity contribution in [1.82, 2.24) is 25.2 Å². The van der Waals surface area contributed by atoms with E-state index in [-0.39, 0.29) is 29.1 Å². The minimum atomic E-state index is -3.83. The van der Waals surface area contributed by atoms with Gasteiger partial charge in [-0.2, -0.15) is 5.10 Å². The molecule has 2 heterocycles. The molecule has 0 saturated heterocycles. The second-order valence-electron chi connectivity index (χ2n) is 10.9. The molecule has 0 aliphatic heterocycles. The van der Waals surface area contributed by atoms with Crippen molar-refractivity contribution >= 4 is 39.0 Å². The van der Waals surface area contributed by atoms with Crippen LogP contribution in [0.25, 0.3) is 10.4 Å². The predicted octanol–water partition coefficient (Wildman–Crippen LogP) is 5.51. The van der Waals surface area contributed by atoms with E-state index in [1.807, 2.05) is 46.8 Å². The van der Waals surface area contributed by atoms with Crippen molar-refractivity contribution in [2.24, 2.45) is 0 Å². The van der Waals surface area contributed by atoms with Crippen LogP contribution >= 0.6 is 11.3 Å². The zero-order valence-electron chi connectivity index (χ0n) is 22.4. The SMILES string of the molecule is CC(C)OC(=O)N[C@H]1CC[C@H](c2ncc(-c3ccc(Nc4cc[nH]n4)cc3S(=O)(=O)NC(C)(C)C)s2)CC1. The minimum Gasteiger partial charge on any atom is -0.447 e. The highest BCUT2D eigenvalue weighted by molar-refractivity contribution is 7.89. The third-order valence-corrected chi connectivity index (χ3v) is 9.01. The van der Waals surface area contributed by atoms with Crippen molar-refractivity contribution in [1.29, 1.82) is 0 Å². The molecule has 1 aliphatic carbocycles. The largest absolute Gasteiger partial charge is 0.447 e. The van der Waals surface area contributed by atoms with Gasteiger partial charge < -0.3 is 15.4 Å². The van der Waals surface area contributed by atoms with Crippen LogP contribution in [0.15, 0.2) is 41.6 Å². The Morgan fingerprint density at radius 2 is 1.89 bits per heavy atom. The number of hydrogen-bond acceptors (Lipinski definition) is 8. The number of amides is 1. The molecule has 1 saturated carbocycles. The van der Waals surface area contributed by atoms with Gasteiger partial charge in [0.15, 0.2) is 5.82 Å². The summed E-state index contributed by atoms with van der Waals surface area (Å²) in [6.45, 7) is 9.10. The summed E-state index contributed by atoms with van der Waals surface area (Å²) in [6.07, 6.45) is 6.40. The second kappa shape index (κ2) is 11.4. The molecule has 1 aromatic carbocycles. The van der Waals surface area contributed by atoms with E-state index in [0.29, 0.717) is 17.1 Å². The number of nitrogens with zero attached hydrogens (tertiary/aromatic N) is 2. The maximum absolute atomic E-state index is 13.5. The Kier molecular flexibility index (Phi) is 8.43. The Bertz CT molecular complexity index is 1340. The molecule has 4 rings (SSSR count). The van der Waals surface area contributed by atoms with Gasteiger partial charge in [-0.15, -0.1) is 11.3 Å². The number of H-pyrrole nitrogens is 1. The first-order valence-corrected chi connectivity index (χ1v) is 15.1. The minimum absolute atomic E-state index is 0.0895. The lowest BCUT2D eigenvalue weighted by molar-refractivity contribution is 0.109. The van der Waals surface area contributed by atoms with Gasteiger partial charge in [-0.05, 0) is 72.4 Å². The molecule has 4 N–H and O–H groups in total. The summed E-state index contributed by atoms with van der Waals surface area (Å²) in [5.41, 5.74) is 0.570. The smallest absolute Gasteiger partial charge is 0.407 e. The molecule has 1 fully saturated rings. The normalized spacial score (nSPS) is 18.4. The monoisotopic (exact) mass is 560 g/mol. The number of aromatic amines is 1. The highest BCUT2D eigenvalue weighted by Crippen LogP contribution is 2.40. The Labute approximate surface area is 228 Å². The molecule has 0 unspecified atom stereocenters. The summed E-state index contributed by atoms with van der Waals surface area (Å²) in [5, 5.41) is 13.9. The van der Waals surface area contributed by atoms with E-state index in [1.165, 1.54) is 11.3 Å². The molecule has 10 nitrogen and oxygen atoms in total. The van der Waals surface area contributed by atoms with E-state index in [9.17, 15) is 13.2 Å². The fourth-order valence-corrected chi connectivity index (χ4v) is 7.32. The van der Waals surface area contributed by atoms with Crippen LogP contribution in [0.3, 0.4) is 0 Å². The number of anilines is 2. The van der Waals surface area contributed by atoms with Gasteiger partial charge >= 0.3 is 6.09 Å². The zero-order chi connectivity index (χ0) is 27.5. The highest BCUT2D eigenvalue weighted by Gasteiger charge is 2.29. The van der Waals surface area contributed by atoms with Crippen LogP contribution < -0.4 is 15.4 Å². The molecule has 38 heavy (non-hydrogen) atoms. The maximum atomic E-state index is 13.5. The third kappa shape index (κ3) is 7.33. The number of sulfonamides is 1. The van der Waals surface area contributed by atoms with Crippen molar-refractivity contribution < 1.29 is 17.9 Å². The number of carbonyl (C=O) groups is 1. The summed E-state index contributed by atoms with van der Waals surface area (Å²) in [7, 11) is -3.83. The highest BCUT2D eigenvalue weighted by atomic mass is 32.2. The topological polar surface area (TPSA) is 138 Å². The molecule has 0 radical (unpaired) electrons. The molecular weight excluding hydrogens is 524 g/mol. The molecule has 0 spiro atoms. The van der Waals surface area contributed by atoms with Gasteiger partial charge in [-0.1, -0.05) is 6.07 Å². The quantitative estimate of drug-likeness (QED) is 0.285. The standard InChI is InChI=1S/C26H36N6O4S2/c1-16(2)36-25(33)30-18-8-6-17(7-9-18)24-27-15-21(37-24)20-11-10-19(29-23-12-13-28-31-23)14-22(20)38(34,35)32-26(3,4)5/h10-18,32H,6-9H2,1-5H3,(H,30,33)(H2,28,29,31)/t17-,18-. The van der Waals surface area contributed by atoms with E-state index < -0.39 is 15.6 Å². The first-order valence-electron chi connectivity index (χ1n) is 12.8. The summed E-state index contributed by atoms with van der Waals surface area (Å²) >= 11 is 1.52. The number of aromatic nitrogens is 3. The van der Waals surface area contributed by atoms with Crippen LogP contribution in [-0.2, 0) is 14.8 Å². The summed E-state index contributed by atoms with van der Waals surface area (Å²) in [5.74, 6) is 0.855. The zero-order valence-corrected chi connectivity index (χ0v) is 24.0. The van der Waals surface area contributed by atoms with E-state index in [0.717, 1.165) is 35.6 Å². The van der Waals surface area contributed by atoms with Gasteiger partial charge in [-0.3, -0.25) is 5.10 Å². The van der Waals surface area contributed by atoms with Crippen molar-refractivity contribution in [2.75, 3.05) is 5.32 Å². The Morgan fingerprint density at radius 1 is 1.16 bits per heavy atom. The number of hydrogen-bond donors (Lipinski definition) is 4. The average Bonchev–Trinajstić information content (AvgIpc) is 3.50. The van der Waals surface area contributed by atoms with Crippen LogP contribution in [0, 0.1) is 0 Å². The lowest BCUT2D eigenvalue weighted by Crippen LogP contribution is -2.40. The fourth-order valence-electron chi connectivity index (χ4n) is 4.46. The molecular formula is C26H36N6O4S2. The fraction of sp³-hybridized carbons (Fsp3) is 0.500. The number of nitrogens with one attached hydrogen (secondary N) is 4. The first-order chi connectivity index (χ1) is 17.9. The lowest BCUT2D eigenvalue weighted by atomic mass is 9.86. The van der Waals surface area contributed by atoms with Crippen molar-refractivity contribution in [3.05, 3.63) is 41.7 Å². The molecule has 12 heteroatoms. The van der Waals surface area contributed by atoms with Crippen molar-refractivity contribution in [3.8, 4) is 10.4 Å². The molecule has 206 valence electrons. The predicted molar refractivity (Wildman–Crippen MR) is 149 cm³/mol. The van der Waals surface area contributed by atoms with Gasteiger partial charge in [0.05, 0.1) is 20.9 Å². The number of carbonyl (C=O) groups excluding carboxylic acids is 1. The van der Waals surface area contributed by atoms with E-state index in [2.05, 4.69) is 30.5 Å². The number of ether oxygens (including phenoxy) is 1. The van der Waals surface area contributed by atoms with Crippen LogP contribution in [0.4, 0.5) is 16.3 Å². The summed E-state index contributed by atoms with van der Waals surface area (Å²) in [4.78, 5) is 17.6. The van der Waals surface area contributed by atoms with Crippen molar-refractivity contribution in [3.63, 3.8) is 0 Å². The molecule has 3 aromatic rings. The average molecular weight is 561 g/mol. The van der Waals surface area contributed by atoms with Crippen LogP contribution in [0.1, 0.15) is 71.2 Å². The van der Waals surface area contributed by atoms with E-state index in [4.69, 9.17) is 4.74 Å². The number of alkyl carbamates (subject to hydrolysis) is 1. The number of thiazole rings is 1. The third-order valence-electron chi connectivity index (χ3n) is 6.01. The Balaban J connectivity index is 1.54. The van der Waals surface area contributed by atoms with E-state index in [1.54, 1.807) is 24.5 Å². The molecule has 0 bridgehead atoms. The molecule has 1 amide bonds. The van der Waals surface area contributed by atoms with Crippen molar-refractivity contribution in [2.45, 2.75) is 88.8 Å². The Morgan fingerprint density at radius 3 is 2.53 bits per heavy atom.